The number of rotatable bonds is 6. The molecule has 1 aliphatic carbocycles. The number of cyclic esters (lactones) is 1. The van der Waals surface area contributed by atoms with Crippen molar-refractivity contribution in [2.45, 2.75) is 68.5 Å². The molecular formula is C33H36O13S. The summed E-state index contributed by atoms with van der Waals surface area (Å²) in [6.45, 7) is 1.69. The molecule has 3 saturated heterocycles. The fourth-order valence-electron chi connectivity index (χ4n) is 7.57. The van der Waals surface area contributed by atoms with Crippen molar-refractivity contribution < 1.29 is 63.1 Å². The lowest BCUT2D eigenvalue weighted by Crippen LogP contribution is -2.63. The first-order valence-corrected chi connectivity index (χ1v) is 16.7. The Bertz CT molecular complexity index is 1590. The SMILES string of the molecule is COc1cc(C2c3cc4c(cc3C(OC3OC5COC(C6=CCCS6)OC5C(O)C3O)C3COC(=O)C23)OCO4)cc(C(C)O)c1O. The van der Waals surface area contributed by atoms with Gasteiger partial charge in [-0.15, -0.1) is 11.8 Å². The van der Waals surface area contributed by atoms with E-state index >= 15 is 0 Å². The van der Waals surface area contributed by atoms with Gasteiger partial charge in [0, 0.05) is 28.1 Å². The Morgan fingerprint density at radius 2 is 1.79 bits per heavy atom. The summed E-state index contributed by atoms with van der Waals surface area (Å²) in [6, 6.07) is 6.89. The number of aromatic hydroxyl groups is 1. The van der Waals surface area contributed by atoms with Crippen LogP contribution < -0.4 is 14.2 Å². The van der Waals surface area contributed by atoms with Crippen molar-refractivity contribution >= 4 is 17.7 Å². The zero-order valence-corrected chi connectivity index (χ0v) is 26.5. The molecule has 6 aliphatic rings. The number of benzene rings is 2. The number of esters is 1. The molecule has 11 atom stereocenters. The lowest BCUT2D eigenvalue weighted by Gasteiger charge is -2.48. The second-order valence-electron chi connectivity index (χ2n) is 12.6. The van der Waals surface area contributed by atoms with E-state index in [4.69, 9.17) is 37.9 Å². The number of hydrogen-bond donors (Lipinski definition) is 4. The molecule has 4 N–H and O–H groups in total. The number of methoxy groups -OCH3 is 1. The fraction of sp³-hybridized carbons (Fsp3) is 0.545. The summed E-state index contributed by atoms with van der Waals surface area (Å²) < 4.78 is 47.3. The van der Waals surface area contributed by atoms with E-state index in [-0.39, 0.29) is 37.1 Å². The summed E-state index contributed by atoms with van der Waals surface area (Å²) in [7, 11) is 1.41. The van der Waals surface area contributed by atoms with E-state index < -0.39 is 72.9 Å². The third kappa shape index (κ3) is 5.17. The molecule has 0 bridgehead atoms. The second-order valence-corrected chi connectivity index (χ2v) is 13.7. The van der Waals surface area contributed by atoms with Crippen molar-refractivity contribution in [1.29, 1.82) is 0 Å². The van der Waals surface area contributed by atoms with E-state index in [1.807, 2.05) is 6.08 Å². The minimum Gasteiger partial charge on any atom is -0.504 e. The fourth-order valence-corrected chi connectivity index (χ4v) is 8.54. The van der Waals surface area contributed by atoms with Gasteiger partial charge in [-0.3, -0.25) is 4.79 Å². The molecule has 5 heterocycles. The highest BCUT2D eigenvalue weighted by Gasteiger charge is 2.56. The molecule has 8 rings (SSSR count). The Labute approximate surface area is 274 Å². The van der Waals surface area contributed by atoms with Crippen molar-refractivity contribution in [2.24, 2.45) is 11.8 Å². The van der Waals surface area contributed by atoms with Gasteiger partial charge in [-0.25, -0.2) is 0 Å². The average Bonchev–Trinajstić information content (AvgIpc) is 3.85. The van der Waals surface area contributed by atoms with Gasteiger partial charge in [0.2, 0.25) is 6.79 Å². The Kier molecular flexibility index (Phi) is 8.04. The van der Waals surface area contributed by atoms with Crippen LogP contribution >= 0.6 is 11.8 Å². The summed E-state index contributed by atoms with van der Waals surface area (Å²) in [5.41, 5.74) is 2.17. The van der Waals surface area contributed by atoms with E-state index in [1.54, 1.807) is 36.0 Å². The first kappa shape index (κ1) is 31.2. The number of allylic oxidation sites excluding steroid dienone is 1. The van der Waals surface area contributed by atoms with Crippen LogP contribution in [0.2, 0.25) is 0 Å². The third-order valence-corrected chi connectivity index (χ3v) is 11.0. The number of aliphatic hydroxyl groups excluding tert-OH is 3. The normalized spacial score (nSPS) is 36.2. The van der Waals surface area contributed by atoms with Gasteiger partial charge in [-0.05, 0) is 54.3 Å². The molecule has 47 heavy (non-hydrogen) atoms. The molecule has 0 saturated carbocycles. The zero-order chi connectivity index (χ0) is 32.6. The van der Waals surface area contributed by atoms with Crippen molar-refractivity contribution in [3.8, 4) is 23.0 Å². The number of aliphatic hydroxyl groups is 3. The second kappa shape index (κ2) is 12.1. The number of carbonyl (C=O) groups excluding carboxylic acids is 1. The van der Waals surface area contributed by atoms with E-state index in [1.165, 1.54) is 14.0 Å². The van der Waals surface area contributed by atoms with E-state index in [9.17, 15) is 25.2 Å². The van der Waals surface area contributed by atoms with Crippen LogP contribution in [0.5, 0.6) is 23.0 Å². The molecule has 252 valence electrons. The Morgan fingerprint density at radius 3 is 2.51 bits per heavy atom. The largest absolute Gasteiger partial charge is 0.504 e. The summed E-state index contributed by atoms with van der Waals surface area (Å²) in [5, 5.41) is 43.8. The lowest BCUT2D eigenvalue weighted by atomic mass is 9.66. The van der Waals surface area contributed by atoms with Gasteiger partial charge in [0.1, 0.15) is 24.4 Å². The quantitative estimate of drug-likeness (QED) is 0.330. The number of carbonyl (C=O) groups is 1. The van der Waals surface area contributed by atoms with Crippen molar-refractivity contribution in [1.82, 2.24) is 0 Å². The summed E-state index contributed by atoms with van der Waals surface area (Å²) in [5.74, 6) is -0.524. The standard InChI is InChI=1S/C33H36O13S/c1-13(34)15-6-14(7-21(39-2)26(15)35)24-16-8-19-20(43-12-42-19)9-17(16)29(18-10-40-31(38)25(18)24)45-33-28(37)27(36)30-22(44-33)11-41-32(46-30)23-4-3-5-47-23/h4,6-9,13,18,22,24-25,27-30,32-37H,3,5,10-12H2,1-2H3. The lowest BCUT2D eigenvalue weighted by molar-refractivity contribution is -0.361. The Balaban J connectivity index is 1.16. The first-order chi connectivity index (χ1) is 22.7. The monoisotopic (exact) mass is 672 g/mol. The van der Waals surface area contributed by atoms with Crippen LogP contribution in [0.1, 0.15) is 53.7 Å². The van der Waals surface area contributed by atoms with Gasteiger partial charge in [0.05, 0.1) is 38.4 Å². The minimum absolute atomic E-state index is 0.0125. The molecular weight excluding hydrogens is 636 g/mol. The topological polar surface area (TPSA) is 172 Å². The van der Waals surface area contributed by atoms with Crippen LogP contribution in [0.15, 0.2) is 35.2 Å². The molecule has 13 nitrogen and oxygen atoms in total. The number of thioether (sulfide) groups is 1. The number of phenols is 1. The molecule has 2 aromatic rings. The predicted octanol–water partition coefficient (Wildman–Crippen LogP) is 2.38. The molecule has 0 aromatic heterocycles. The molecule has 2 aromatic carbocycles. The van der Waals surface area contributed by atoms with Gasteiger partial charge >= 0.3 is 5.97 Å². The maximum atomic E-state index is 13.5. The maximum Gasteiger partial charge on any atom is 0.310 e. The maximum absolute atomic E-state index is 13.5. The van der Waals surface area contributed by atoms with E-state index in [0.717, 1.165) is 17.1 Å². The van der Waals surface area contributed by atoms with Crippen LogP contribution in [0.4, 0.5) is 0 Å². The molecule has 11 unspecified atom stereocenters. The third-order valence-electron chi connectivity index (χ3n) is 9.85. The number of fused-ring (bicyclic) bond motifs is 4. The van der Waals surface area contributed by atoms with Gasteiger partial charge < -0.3 is 58.3 Å². The van der Waals surface area contributed by atoms with Crippen molar-refractivity contribution in [2.75, 3.05) is 32.9 Å². The first-order valence-electron chi connectivity index (χ1n) is 15.7. The van der Waals surface area contributed by atoms with Crippen LogP contribution in [0.3, 0.4) is 0 Å². The number of hydrogen-bond acceptors (Lipinski definition) is 14. The molecule has 5 aliphatic heterocycles. The smallest absolute Gasteiger partial charge is 0.310 e. The highest BCUT2D eigenvalue weighted by Crippen LogP contribution is 2.57. The molecule has 0 radical (unpaired) electrons. The van der Waals surface area contributed by atoms with Crippen LogP contribution in [0, 0.1) is 11.8 Å². The van der Waals surface area contributed by atoms with Gasteiger partial charge in [0.25, 0.3) is 0 Å². The van der Waals surface area contributed by atoms with E-state index in [2.05, 4.69) is 0 Å². The van der Waals surface area contributed by atoms with Crippen LogP contribution in [-0.4, -0.2) is 96.3 Å². The molecule has 3 fully saturated rings. The zero-order valence-electron chi connectivity index (χ0n) is 25.6. The van der Waals surface area contributed by atoms with Gasteiger partial charge in [-0.2, -0.15) is 0 Å². The average molecular weight is 673 g/mol. The highest BCUT2D eigenvalue weighted by molar-refractivity contribution is 8.03. The molecule has 14 heteroatoms. The van der Waals surface area contributed by atoms with Crippen LogP contribution in [0.25, 0.3) is 0 Å². The Morgan fingerprint density at radius 1 is 1.00 bits per heavy atom. The van der Waals surface area contributed by atoms with Crippen LogP contribution in [-0.2, 0) is 28.5 Å². The molecule has 0 amide bonds. The van der Waals surface area contributed by atoms with Gasteiger partial charge in [0.15, 0.2) is 35.6 Å². The van der Waals surface area contributed by atoms with Crippen molar-refractivity contribution in [3.05, 3.63) is 57.5 Å². The summed E-state index contributed by atoms with van der Waals surface area (Å²) in [6.07, 6.45) is -5.16. The predicted molar refractivity (Wildman–Crippen MR) is 162 cm³/mol. The Hall–Kier alpha value is -3.08. The highest BCUT2D eigenvalue weighted by atomic mass is 32.2. The number of phenolic OH excluding ortho intramolecular Hbond substituents is 1. The molecule has 0 spiro atoms. The summed E-state index contributed by atoms with van der Waals surface area (Å²) >= 11 is 1.64. The van der Waals surface area contributed by atoms with Gasteiger partial charge in [-0.1, -0.05) is 6.08 Å². The minimum atomic E-state index is -1.47. The van der Waals surface area contributed by atoms with E-state index in [0.29, 0.717) is 28.2 Å². The van der Waals surface area contributed by atoms with Crippen molar-refractivity contribution in [3.63, 3.8) is 0 Å². The number of ether oxygens (including phenoxy) is 8. The summed E-state index contributed by atoms with van der Waals surface area (Å²) in [4.78, 5) is 14.5.